The summed E-state index contributed by atoms with van der Waals surface area (Å²) in [5, 5.41) is 5.59. The quantitative estimate of drug-likeness (QED) is 0.568. The van der Waals surface area contributed by atoms with Gasteiger partial charge in [0.05, 0.1) is 10.6 Å². The lowest BCUT2D eigenvalue weighted by Crippen LogP contribution is -2.29. The lowest BCUT2D eigenvalue weighted by atomic mass is 10.1. The zero-order chi connectivity index (χ0) is 23.6. The Labute approximate surface area is 193 Å². The van der Waals surface area contributed by atoms with Gasteiger partial charge in [-0.2, -0.15) is 0 Å². The third-order valence-electron chi connectivity index (χ3n) is 5.62. The van der Waals surface area contributed by atoms with Crippen LogP contribution in [-0.2, 0) is 21.2 Å². The Balaban J connectivity index is 1.58. The summed E-state index contributed by atoms with van der Waals surface area (Å²) < 4.78 is 28.0. The zero-order valence-electron chi connectivity index (χ0n) is 18.5. The maximum atomic E-state index is 13.3. The summed E-state index contributed by atoms with van der Waals surface area (Å²) in [4.78, 5) is 24.7. The van der Waals surface area contributed by atoms with E-state index in [1.165, 1.54) is 16.4 Å². The van der Waals surface area contributed by atoms with Crippen molar-refractivity contribution in [2.24, 2.45) is 0 Å². The molecule has 0 atom stereocenters. The summed E-state index contributed by atoms with van der Waals surface area (Å²) in [5.41, 5.74) is 3.82. The van der Waals surface area contributed by atoms with E-state index in [1.807, 2.05) is 25.1 Å². The van der Waals surface area contributed by atoms with E-state index in [9.17, 15) is 18.0 Å². The SMILES string of the molecule is CCC(=O)Nc1ccc(C)c(NC(=O)c2cccc(S(=O)(=O)N3CCc4ccccc43)c2)c1. The van der Waals surface area contributed by atoms with Crippen molar-refractivity contribution in [3.63, 3.8) is 0 Å². The smallest absolute Gasteiger partial charge is 0.264 e. The van der Waals surface area contributed by atoms with Crippen LogP contribution in [0.5, 0.6) is 0 Å². The standard InChI is InChI=1S/C25H25N3O4S/c1-3-24(29)26-20-12-11-17(2)22(16-20)27-25(30)19-8-6-9-21(15-19)33(31,32)28-14-13-18-7-4-5-10-23(18)28/h4-12,15-16H,3,13-14H2,1-2H3,(H,26,29)(H,27,30). The lowest BCUT2D eigenvalue weighted by Gasteiger charge is -2.20. The molecule has 33 heavy (non-hydrogen) atoms. The number of benzene rings is 3. The van der Waals surface area contributed by atoms with Crippen LogP contribution >= 0.6 is 0 Å². The molecule has 170 valence electrons. The highest BCUT2D eigenvalue weighted by Crippen LogP contribution is 2.33. The molecular formula is C25H25N3O4S. The minimum atomic E-state index is -3.81. The number of para-hydroxylation sites is 1. The largest absolute Gasteiger partial charge is 0.326 e. The molecule has 0 bridgehead atoms. The number of sulfonamides is 1. The van der Waals surface area contributed by atoms with Gasteiger partial charge in [-0.15, -0.1) is 0 Å². The number of hydrogen-bond donors (Lipinski definition) is 2. The van der Waals surface area contributed by atoms with Crippen LogP contribution in [0.25, 0.3) is 0 Å². The van der Waals surface area contributed by atoms with E-state index in [1.54, 1.807) is 43.3 Å². The molecule has 7 nitrogen and oxygen atoms in total. The molecule has 0 aromatic heterocycles. The first-order chi connectivity index (χ1) is 15.8. The molecule has 0 unspecified atom stereocenters. The van der Waals surface area contributed by atoms with Crippen molar-refractivity contribution < 1.29 is 18.0 Å². The molecule has 0 saturated heterocycles. The fourth-order valence-electron chi connectivity index (χ4n) is 3.76. The monoisotopic (exact) mass is 463 g/mol. The second-order valence-corrected chi connectivity index (χ2v) is 9.73. The normalized spacial score (nSPS) is 12.8. The third-order valence-corrected chi connectivity index (χ3v) is 7.43. The van der Waals surface area contributed by atoms with Crippen LogP contribution in [0.1, 0.15) is 34.8 Å². The first kappa shape index (κ1) is 22.5. The predicted molar refractivity (Wildman–Crippen MR) is 129 cm³/mol. The van der Waals surface area contributed by atoms with Gasteiger partial charge in [-0.1, -0.05) is 37.3 Å². The number of hydrogen-bond acceptors (Lipinski definition) is 4. The number of amides is 2. The number of rotatable bonds is 6. The van der Waals surface area contributed by atoms with Crippen molar-refractivity contribution in [3.8, 4) is 0 Å². The molecule has 8 heteroatoms. The van der Waals surface area contributed by atoms with Crippen molar-refractivity contribution in [2.45, 2.75) is 31.6 Å². The first-order valence-corrected chi connectivity index (χ1v) is 12.2. The number of anilines is 3. The van der Waals surface area contributed by atoms with Crippen LogP contribution in [0.15, 0.2) is 71.6 Å². The van der Waals surface area contributed by atoms with Gasteiger partial charge in [0.15, 0.2) is 0 Å². The summed E-state index contributed by atoms with van der Waals surface area (Å²) in [7, 11) is -3.81. The molecule has 0 saturated carbocycles. The number of carbonyl (C=O) groups is 2. The van der Waals surface area contributed by atoms with E-state index in [2.05, 4.69) is 10.6 Å². The highest BCUT2D eigenvalue weighted by molar-refractivity contribution is 7.92. The van der Waals surface area contributed by atoms with Gasteiger partial charge in [-0.05, 0) is 60.9 Å². The van der Waals surface area contributed by atoms with Crippen LogP contribution in [0.4, 0.5) is 17.1 Å². The number of nitrogens with one attached hydrogen (secondary N) is 2. The molecule has 2 N–H and O–H groups in total. The molecule has 1 aliphatic heterocycles. The van der Waals surface area contributed by atoms with E-state index in [0.717, 1.165) is 11.1 Å². The molecule has 0 spiro atoms. The highest BCUT2D eigenvalue weighted by atomic mass is 32.2. The van der Waals surface area contributed by atoms with Gasteiger partial charge in [0.25, 0.3) is 15.9 Å². The molecule has 4 rings (SSSR count). The number of fused-ring (bicyclic) bond motifs is 1. The van der Waals surface area contributed by atoms with Crippen LogP contribution in [0, 0.1) is 6.92 Å². The van der Waals surface area contributed by atoms with Crippen LogP contribution in [0.3, 0.4) is 0 Å². The van der Waals surface area contributed by atoms with Gasteiger partial charge in [0.1, 0.15) is 0 Å². The fourth-order valence-corrected chi connectivity index (χ4v) is 5.31. The van der Waals surface area contributed by atoms with Gasteiger partial charge < -0.3 is 10.6 Å². The topological polar surface area (TPSA) is 95.6 Å². The minimum absolute atomic E-state index is 0.0625. The second-order valence-electron chi connectivity index (χ2n) is 7.87. The van der Waals surface area contributed by atoms with Gasteiger partial charge in [0, 0.05) is 29.9 Å². The Kier molecular flexibility index (Phi) is 6.20. The summed E-state index contributed by atoms with van der Waals surface area (Å²) in [5.74, 6) is -0.562. The summed E-state index contributed by atoms with van der Waals surface area (Å²) in [6.45, 7) is 3.97. The molecule has 3 aromatic rings. The number of nitrogens with zero attached hydrogens (tertiary/aromatic N) is 1. The predicted octanol–water partition coefficient (Wildman–Crippen LogP) is 4.35. The summed E-state index contributed by atoms with van der Waals surface area (Å²) in [6.07, 6.45) is 0.998. The van der Waals surface area contributed by atoms with Crippen molar-refractivity contribution >= 4 is 38.9 Å². The van der Waals surface area contributed by atoms with E-state index < -0.39 is 15.9 Å². The maximum absolute atomic E-state index is 13.3. The van der Waals surface area contributed by atoms with Crippen LogP contribution in [-0.4, -0.2) is 26.8 Å². The molecule has 1 heterocycles. The van der Waals surface area contributed by atoms with Crippen LogP contribution < -0.4 is 14.9 Å². The number of carbonyl (C=O) groups excluding carboxylic acids is 2. The van der Waals surface area contributed by atoms with E-state index in [4.69, 9.17) is 0 Å². The minimum Gasteiger partial charge on any atom is -0.326 e. The molecule has 0 fully saturated rings. The number of aryl methyl sites for hydroxylation is 1. The van der Waals surface area contributed by atoms with Crippen LogP contribution in [0.2, 0.25) is 0 Å². The van der Waals surface area contributed by atoms with Crippen molar-refractivity contribution in [2.75, 3.05) is 21.5 Å². The van der Waals surface area contributed by atoms with Crippen molar-refractivity contribution in [1.29, 1.82) is 0 Å². The Morgan fingerprint density at radius 2 is 1.76 bits per heavy atom. The van der Waals surface area contributed by atoms with Gasteiger partial charge in [-0.3, -0.25) is 13.9 Å². The molecule has 1 aliphatic rings. The highest BCUT2D eigenvalue weighted by Gasteiger charge is 2.31. The third kappa shape index (κ3) is 4.61. The Bertz CT molecular complexity index is 1330. The molecule has 0 radical (unpaired) electrons. The lowest BCUT2D eigenvalue weighted by molar-refractivity contribution is -0.115. The Hall–Kier alpha value is -3.65. The van der Waals surface area contributed by atoms with E-state index in [-0.39, 0.29) is 16.4 Å². The Morgan fingerprint density at radius 1 is 0.970 bits per heavy atom. The van der Waals surface area contributed by atoms with Crippen molar-refractivity contribution in [1.82, 2.24) is 0 Å². The average molecular weight is 464 g/mol. The van der Waals surface area contributed by atoms with E-state index >= 15 is 0 Å². The summed E-state index contributed by atoms with van der Waals surface area (Å²) >= 11 is 0. The molecule has 0 aliphatic carbocycles. The average Bonchev–Trinajstić information content (AvgIpc) is 3.26. The molecular weight excluding hydrogens is 438 g/mol. The maximum Gasteiger partial charge on any atom is 0.264 e. The second kappa shape index (κ2) is 9.07. The first-order valence-electron chi connectivity index (χ1n) is 10.7. The van der Waals surface area contributed by atoms with Gasteiger partial charge >= 0.3 is 0 Å². The van der Waals surface area contributed by atoms with Crippen molar-refractivity contribution in [3.05, 3.63) is 83.4 Å². The van der Waals surface area contributed by atoms with E-state index in [0.29, 0.717) is 36.4 Å². The van der Waals surface area contributed by atoms with Gasteiger partial charge in [0.2, 0.25) is 5.91 Å². The fraction of sp³-hybridized carbons (Fsp3) is 0.200. The van der Waals surface area contributed by atoms with Gasteiger partial charge in [-0.25, -0.2) is 8.42 Å². The zero-order valence-corrected chi connectivity index (χ0v) is 19.3. The molecule has 3 aromatic carbocycles. The Morgan fingerprint density at radius 3 is 2.55 bits per heavy atom. The summed E-state index contributed by atoms with van der Waals surface area (Å²) in [6, 6.07) is 18.7. The molecule has 2 amide bonds.